The van der Waals surface area contributed by atoms with Crippen molar-refractivity contribution in [1.29, 1.82) is 0 Å². The van der Waals surface area contributed by atoms with Gasteiger partial charge < -0.3 is 20.5 Å². The minimum absolute atomic E-state index is 0.0495. The lowest BCUT2D eigenvalue weighted by Crippen LogP contribution is -2.50. The number of carbonyl (C=O) groups excluding carboxylic acids is 2. The largest absolute Gasteiger partial charge is 0.480 e. The summed E-state index contributed by atoms with van der Waals surface area (Å²) >= 11 is 0. The minimum Gasteiger partial charge on any atom is -0.480 e. The number of fused-ring (bicyclic) bond motifs is 3. The molecule has 3 N–H and O–H groups in total. The fourth-order valence-electron chi connectivity index (χ4n) is 3.98. The van der Waals surface area contributed by atoms with E-state index < -0.39 is 36.0 Å². The molecule has 1 aliphatic carbocycles. The molecular weight excluding hydrogens is 408 g/mol. The van der Waals surface area contributed by atoms with Crippen molar-refractivity contribution in [3.63, 3.8) is 0 Å². The van der Waals surface area contributed by atoms with Gasteiger partial charge in [0.2, 0.25) is 5.91 Å². The average Bonchev–Trinajstić information content (AvgIpc) is 3.08. The topological polar surface area (TPSA) is 105 Å². The lowest BCUT2D eigenvalue weighted by Gasteiger charge is -2.24. The van der Waals surface area contributed by atoms with Crippen LogP contribution in [0.1, 0.15) is 44.7 Å². The summed E-state index contributed by atoms with van der Waals surface area (Å²) in [6.07, 6.45) is -0.613. The highest BCUT2D eigenvalue weighted by Gasteiger charge is 2.31. The van der Waals surface area contributed by atoms with Gasteiger partial charge in [-0.2, -0.15) is 0 Å². The highest BCUT2D eigenvalue weighted by Crippen LogP contribution is 2.44. The number of carboxylic acid groups (broad SMARTS) is 1. The summed E-state index contributed by atoms with van der Waals surface area (Å²) in [6, 6.07) is 14.6. The van der Waals surface area contributed by atoms with Gasteiger partial charge in [0.1, 0.15) is 12.6 Å². The number of rotatable bonds is 8. The zero-order valence-electron chi connectivity index (χ0n) is 18.8. The van der Waals surface area contributed by atoms with Crippen LogP contribution in [0.3, 0.4) is 0 Å². The summed E-state index contributed by atoms with van der Waals surface area (Å²) in [6.45, 7) is 6.96. The van der Waals surface area contributed by atoms with Crippen LogP contribution >= 0.6 is 0 Å². The van der Waals surface area contributed by atoms with Gasteiger partial charge in [-0.05, 0) is 35.1 Å². The van der Waals surface area contributed by atoms with Gasteiger partial charge >= 0.3 is 12.1 Å². The number of nitrogens with one attached hydrogen (secondary N) is 2. The minimum atomic E-state index is -1.09. The second kappa shape index (κ2) is 9.85. The zero-order chi connectivity index (χ0) is 23.4. The van der Waals surface area contributed by atoms with E-state index in [2.05, 4.69) is 22.8 Å². The summed E-state index contributed by atoms with van der Waals surface area (Å²) in [5.74, 6) is -2.45. The summed E-state index contributed by atoms with van der Waals surface area (Å²) in [4.78, 5) is 36.2. The number of ether oxygens (including phenoxy) is 1. The first-order chi connectivity index (χ1) is 15.2. The predicted octanol–water partition coefficient (Wildman–Crippen LogP) is 3.78. The van der Waals surface area contributed by atoms with E-state index in [0.29, 0.717) is 0 Å². The number of aliphatic carboxylic acids is 1. The van der Waals surface area contributed by atoms with Crippen LogP contribution < -0.4 is 10.6 Å². The maximum atomic E-state index is 12.5. The molecule has 32 heavy (non-hydrogen) atoms. The van der Waals surface area contributed by atoms with Crippen molar-refractivity contribution in [2.45, 2.75) is 45.7 Å². The Labute approximate surface area is 188 Å². The fourth-order valence-corrected chi connectivity index (χ4v) is 3.98. The molecular formula is C25H30N2O5. The lowest BCUT2D eigenvalue weighted by molar-refractivity contribution is -0.143. The van der Waals surface area contributed by atoms with Crippen molar-refractivity contribution in [2.75, 3.05) is 6.61 Å². The van der Waals surface area contributed by atoms with Gasteiger partial charge in [-0.1, -0.05) is 69.3 Å². The predicted molar refractivity (Wildman–Crippen MR) is 121 cm³/mol. The molecule has 7 nitrogen and oxygen atoms in total. The van der Waals surface area contributed by atoms with E-state index in [-0.39, 0.29) is 18.4 Å². The first-order valence-corrected chi connectivity index (χ1v) is 10.8. The number of benzene rings is 2. The molecule has 2 unspecified atom stereocenters. The van der Waals surface area contributed by atoms with E-state index in [0.717, 1.165) is 22.3 Å². The summed E-state index contributed by atoms with van der Waals surface area (Å²) in [5, 5.41) is 14.5. The summed E-state index contributed by atoms with van der Waals surface area (Å²) < 4.78 is 5.52. The molecule has 0 saturated carbocycles. The Hall–Kier alpha value is -3.35. The molecule has 0 heterocycles. The van der Waals surface area contributed by atoms with Crippen LogP contribution in [-0.2, 0) is 14.3 Å². The molecule has 7 heteroatoms. The van der Waals surface area contributed by atoms with Gasteiger partial charge in [-0.3, -0.25) is 4.79 Å². The smallest absolute Gasteiger partial charge is 0.407 e. The van der Waals surface area contributed by atoms with Crippen LogP contribution in [-0.4, -0.2) is 41.8 Å². The number of carbonyl (C=O) groups is 3. The van der Waals surface area contributed by atoms with Gasteiger partial charge in [0.25, 0.3) is 0 Å². The molecule has 2 aromatic rings. The van der Waals surface area contributed by atoms with Crippen molar-refractivity contribution < 1.29 is 24.2 Å². The molecule has 3 rings (SSSR count). The number of hydrogen-bond acceptors (Lipinski definition) is 4. The zero-order valence-corrected chi connectivity index (χ0v) is 18.8. The third-order valence-corrected chi connectivity index (χ3v) is 6.08. The number of amides is 2. The van der Waals surface area contributed by atoms with E-state index in [4.69, 9.17) is 4.74 Å². The van der Waals surface area contributed by atoms with Crippen molar-refractivity contribution in [2.24, 2.45) is 11.8 Å². The van der Waals surface area contributed by atoms with Gasteiger partial charge in [-0.25, -0.2) is 9.59 Å². The van der Waals surface area contributed by atoms with E-state index in [9.17, 15) is 19.5 Å². The molecule has 1 aliphatic rings. The van der Waals surface area contributed by atoms with E-state index in [1.807, 2.05) is 36.4 Å². The highest BCUT2D eigenvalue weighted by atomic mass is 16.5. The molecule has 170 valence electrons. The Morgan fingerprint density at radius 3 is 1.94 bits per heavy atom. The normalized spacial score (nSPS) is 15.3. The van der Waals surface area contributed by atoms with Gasteiger partial charge in [0.05, 0.1) is 5.92 Å². The molecule has 2 amide bonds. The molecule has 0 saturated heterocycles. The summed E-state index contributed by atoms with van der Waals surface area (Å²) in [5.41, 5.74) is 4.54. The Bertz CT molecular complexity index is 958. The maximum Gasteiger partial charge on any atom is 0.407 e. The molecule has 0 spiro atoms. The first kappa shape index (κ1) is 23.3. The molecule has 0 aliphatic heterocycles. The van der Waals surface area contributed by atoms with Crippen LogP contribution in [0.4, 0.5) is 4.79 Å². The fraction of sp³-hybridized carbons (Fsp3) is 0.400. The Morgan fingerprint density at radius 1 is 0.906 bits per heavy atom. The van der Waals surface area contributed by atoms with E-state index in [1.165, 1.54) is 0 Å². The van der Waals surface area contributed by atoms with E-state index >= 15 is 0 Å². The van der Waals surface area contributed by atoms with Gasteiger partial charge in [-0.15, -0.1) is 0 Å². The molecule has 0 radical (unpaired) electrons. The van der Waals surface area contributed by atoms with Crippen LogP contribution in [0, 0.1) is 11.8 Å². The molecule has 0 aromatic heterocycles. The Morgan fingerprint density at radius 2 is 1.44 bits per heavy atom. The molecule has 3 atom stereocenters. The van der Waals surface area contributed by atoms with Crippen molar-refractivity contribution in [1.82, 2.24) is 10.6 Å². The monoisotopic (exact) mass is 438 g/mol. The first-order valence-electron chi connectivity index (χ1n) is 10.8. The Kier molecular flexibility index (Phi) is 7.18. The summed E-state index contributed by atoms with van der Waals surface area (Å²) in [7, 11) is 0. The molecule has 0 bridgehead atoms. The lowest BCUT2D eigenvalue weighted by atomic mass is 9.98. The third kappa shape index (κ3) is 4.93. The number of alkyl carbamates (subject to hydrolysis) is 1. The Balaban J connectivity index is 1.58. The third-order valence-electron chi connectivity index (χ3n) is 6.08. The second-order valence-electron chi connectivity index (χ2n) is 8.62. The maximum absolute atomic E-state index is 12.5. The van der Waals surface area contributed by atoms with Crippen LogP contribution in [0.15, 0.2) is 48.5 Å². The average molecular weight is 439 g/mol. The van der Waals surface area contributed by atoms with Gasteiger partial charge in [0.15, 0.2) is 0 Å². The quantitative estimate of drug-likeness (QED) is 0.582. The highest BCUT2D eigenvalue weighted by molar-refractivity contribution is 5.85. The number of carboxylic acids is 1. The van der Waals surface area contributed by atoms with Crippen LogP contribution in [0.25, 0.3) is 11.1 Å². The SMILES string of the molecule is CC(NC(=O)OCC1c2ccccc2-c2ccccc21)C(C)C(=O)N[C@H](C(=O)O)C(C)C. The second-order valence-corrected chi connectivity index (χ2v) is 8.62. The molecule has 2 aromatic carbocycles. The number of hydrogen-bond donors (Lipinski definition) is 3. The van der Waals surface area contributed by atoms with Crippen LogP contribution in [0.5, 0.6) is 0 Å². The van der Waals surface area contributed by atoms with Crippen molar-refractivity contribution >= 4 is 18.0 Å². The molecule has 0 fully saturated rings. The van der Waals surface area contributed by atoms with Gasteiger partial charge in [0, 0.05) is 12.0 Å². The van der Waals surface area contributed by atoms with Crippen molar-refractivity contribution in [3.8, 4) is 11.1 Å². The van der Waals surface area contributed by atoms with Crippen molar-refractivity contribution in [3.05, 3.63) is 59.7 Å². The standard InChI is InChI=1S/C25H30N2O5/c1-14(2)22(24(29)30)27-23(28)15(3)16(4)26-25(31)32-13-21-19-11-7-5-9-17(19)18-10-6-8-12-20(18)21/h5-12,14-16,21-22H,13H2,1-4H3,(H,26,31)(H,27,28)(H,29,30)/t15?,16?,22-/m0/s1. The van der Waals surface area contributed by atoms with Crippen LogP contribution in [0.2, 0.25) is 0 Å². The van der Waals surface area contributed by atoms with E-state index in [1.54, 1.807) is 27.7 Å².